The van der Waals surface area contributed by atoms with E-state index >= 15 is 0 Å². The van der Waals surface area contributed by atoms with E-state index in [1.54, 1.807) is 0 Å². The molecule has 0 spiro atoms. The van der Waals surface area contributed by atoms with Crippen molar-refractivity contribution in [2.75, 3.05) is 0 Å². The molecule has 0 bridgehead atoms. The summed E-state index contributed by atoms with van der Waals surface area (Å²) in [7, 11) is 0. The van der Waals surface area contributed by atoms with Crippen molar-refractivity contribution < 1.29 is 4.79 Å². The van der Waals surface area contributed by atoms with Gasteiger partial charge in [-0.15, -0.1) is 0 Å². The highest BCUT2D eigenvalue weighted by atomic mass is 16.1. The van der Waals surface area contributed by atoms with E-state index in [1.807, 2.05) is 37.3 Å². The Bertz CT molecular complexity index is 277. The molecule has 1 aromatic carbocycles. The van der Waals surface area contributed by atoms with Crippen LogP contribution in [0.1, 0.15) is 44.6 Å². The summed E-state index contributed by atoms with van der Waals surface area (Å²) in [6.45, 7) is 4.06. The molecule has 0 saturated carbocycles. The van der Waals surface area contributed by atoms with Crippen LogP contribution in [0, 0.1) is 0 Å². The van der Waals surface area contributed by atoms with Crippen LogP contribution in [-0.2, 0) is 4.79 Å². The summed E-state index contributed by atoms with van der Waals surface area (Å²) >= 11 is 0. The van der Waals surface area contributed by atoms with Crippen molar-refractivity contribution in [1.29, 1.82) is 0 Å². The predicted octanol–water partition coefficient (Wildman–Crippen LogP) is 3.55. The van der Waals surface area contributed by atoms with Gasteiger partial charge in [0.15, 0.2) is 0 Å². The molecule has 0 fully saturated rings. The summed E-state index contributed by atoms with van der Waals surface area (Å²) in [5, 5.41) is 0. The molecule has 76 valence electrons. The number of rotatable bonds is 5. The maximum atomic E-state index is 11.7. The first-order chi connectivity index (χ1) is 6.79. The van der Waals surface area contributed by atoms with Crippen molar-refractivity contribution in [1.82, 2.24) is 0 Å². The lowest BCUT2D eigenvalue weighted by atomic mass is 9.89. The van der Waals surface area contributed by atoms with E-state index in [0.29, 0.717) is 12.2 Å². The van der Waals surface area contributed by atoms with Gasteiger partial charge >= 0.3 is 0 Å². The smallest absolute Gasteiger partial charge is 0.140 e. The molecular weight excluding hydrogens is 172 g/mol. The van der Waals surface area contributed by atoms with Gasteiger partial charge in [-0.25, -0.2) is 0 Å². The highest BCUT2D eigenvalue weighted by Gasteiger charge is 2.16. The quantitative estimate of drug-likeness (QED) is 0.694. The van der Waals surface area contributed by atoms with Crippen molar-refractivity contribution in [2.45, 2.75) is 39.0 Å². The van der Waals surface area contributed by atoms with Crippen LogP contribution in [-0.4, -0.2) is 5.78 Å². The van der Waals surface area contributed by atoms with Gasteiger partial charge in [0.2, 0.25) is 0 Å². The third-order valence-corrected chi connectivity index (χ3v) is 2.52. The van der Waals surface area contributed by atoms with Crippen LogP contribution >= 0.6 is 0 Å². The number of carbonyl (C=O) groups is 1. The first-order valence-electron chi connectivity index (χ1n) is 5.37. The summed E-state index contributed by atoms with van der Waals surface area (Å²) in [4.78, 5) is 11.7. The molecule has 0 aliphatic heterocycles. The topological polar surface area (TPSA) is 17.1 Å². The maximum Gasteiger partial charge on any atom is 0.140 e. The Labute approximate surface area is 86.1 Å². The largest absolute Gasteiger partial charge is 0.299 e. The van der Waals surface area contributed by atoms with Gasteiger partial charge in [0.25, 0.3) is 0 Å². The second kappa shape index (κ2) is 5.58. The molecule has 0 amide bonds. The van der Waals surface area contributed by atoms with E-state index in [-0.39, 0.29) is 5.92 Å². The van der Waals surface area contributed by atoms with Crippen molar-refractivity contribution in [3.63, 3.8) is 0 Å². The van der Waals surface area contributed by atoms with E-state index in [1.165, 1.54) is 5.56 Å². The molecule has 0 radical (unpaired) electrons. The lowest BCUT2D eigenvalue weighted by Crippen LogP contribution is -2.11. The normalized spacial score (nSPS) is 12.4. The summed E-state index contributed by atoms with van der Waals surface area (Å²) in [6, 6.07) is 10.1. The van der Waals surface area contributed by atoms with Crippen molar-refractivity contribution in [2.24, 2.45) is 0 Å². The minimum atomic E-state index is 0.117. The van der Waals surface area contributed by atoms with Crippen molar-refractivity contribution >= 4 is 5.78 Å². The first-order valence-corrected chi connectivity index (χ1v) is 5.37. The Balaban J connectivity index is 2.83. The van der Waals surface area contributed by atoms with Gasteiger partial charge in [0.05, 0.1) is 0 Å². The number of carbonyl (C=O) groups excluding carboxylic acids is 1. The van der Waals surface area contributed by atoms with E-state index in [9.17, 15) is 4.79 Å². The van der Waals surface area contributed by atoms with Crippen LogP contribution in [0.5, 0.6) is 0 Å². The number of ketones is 1. The van der Waals surface area contributed by atoms with E-state index in [2.05, 4.69) is 6.92 Å². The van der Waals surface area contributed by atoms with Crippen LogP contribution in [0.2, 0.25) is 0 Å². The minimum Gasteiger partial charge on any atom is -0.299 e. The second-order valence-electron chi connectivity index (χ2n) is 3.57. The first kappa shape index (κ1) is 11.0. The average Bonchev–Trinajstić information content (AvgIpc) is 2.26. The van der Waals surface area contributed by atoms with E-state index < -0.39 is 0 Å². The summed E-state index contributed by atoms with van der Waals surface area (Å²) in [5.74, 6) is 0.476. The molecular formula is C13H18O. The molecule has 0 aliphatic rings. The molecule has 0 N–H and O–H groups in total. The predicted molar refractivity (Wildman–Crippen MR) is 59.4 cm³/mol. The van der Waals surface area contributed by atoms with Crippen molar-refractivity contribution in [3.05, 3.63) is 35.9 Å². The van der Waals surface area contributed by atoms with Crippen LogP contribution < -0.4 is 0 Å². The number of Topliss-reactive ketones (excluding diaryl/α,β-unsaturated/α-hetero) is 1. The highest BCUT2D eigenvalue weighted by molar-refractivity contribution is 5.85. The molecule has 1 nitrogen and oxygen atoms in total. The van der Waals surface area contributed by atoms with Crippen molar-refractivity contribution in [3.8, 4) is 0 Å². The van der Waals surface area contributed by atoms with E-state index in [0.717, 1.165) is 12.8 Å². The fourth-order valence-corrected chi connectivity index (χ4v) is 1.73. The van der Waals surface area contributed by atoms with Crippen LogP contribution in [0.25, 0.3) is 0 Å². The molecule has 0 saturated heterocycles. The molecule has 0 heterocycles. The van der Waals surface area contributed by atoms with Crippen LogP contribution in [0.3, 0.4) is 0 Å². The zero-order valence-corrected chi connectivity index (χ0v) is 8.99. The molecule has 1 heteroatoms. The molecule has 0 unspecified atom stereocenters. The average molecular weight is 190 g/mol. The fourth-order valence-electron chi connectivity index (χ4n) is 1.73. The SMILES string of the molecule is CCC[C@@H](C(=O)CC)c1ccccc1. The molecule has 1 rings (SSSR count). The lowest BCUT2D eigenvalue weighted by Gasteiger charge is -2.14. The second-order valence-corrected chi connectivity index (χ2v) is 3.57. The summed E-state index contributed by atoms with van der Waals surface area (Å²) in [6.07, 6.45) is 2.67. The molecule has 0 aromatic heterocycles. The van der Waals surface area contributed by atoms with Gasteiger partial charge in [0, 0.05) is 12.3 Å². The number of benzene rings is 1. The third kappa shape index (κ3) is 2.69. The number of hydrogen-bond acceptors (Lipinski definition) is 1. The van der Waals surface area contributed by atoms with Gasteiger partial charge in [0.1, 0.15) is 5.78 Å². The summed E-state index contributed by atoms with van der Waals surface area (Å²) < 4.78 is 0. The Kier molecular flexibility index (Phi) is 4.37. The number of hydrogen-bond donors (Lipinski definition) is 0. The standard InChI is InChI=1S/C13H18O/c1-3-8-12(13(14)4-2)11-9-6-5-7-10-11/h5-7,9-10,12H,3-4,8H2,1-2H3/t12-/m1/s1. The monoisotopic (exact) mass is 190 g/mol. The Morgan fingerprint density at radius 1 is 1.21 bits per heavy atom. The van der Waals surface area contributed by atoms with Gasteiger partial charge < -0.3 is 0 Å². The lowest BCUT2D eigenvalue weighted by molar-refractivity contribution is -0.120. The molecule has 14 heavy (non-hydrogen) atoms. The van der Waals surface area contributed by atoms with E-state index in [4.69, 9.17) is 0 Å². The van der Waals surface area contributed by atoms with Crippen LogP contribution in [0.4, 0.5) is 0 Å². The minimum absolute atomic E-state index is 0.117. The summed E-state index contributed by atoms with van der Waals surface area (Å²) in [5.41, 5.74) is 1.17. The van der Waals surface area contributed by atoms with Gasteiger partial charge in [-0.3, -0.25) is 4.79 Å². The zero-order chi connectivity index (χ0) is 10.4. The molecule has 1 atom stereocenters. The maximum absolute atomic E-state index is 11.7. The zero-order valence-electron chi connectivity index (χ0n) is 8.99. The highest BCUT2D eigenvalue weighted by Crippen LogP contribution is 2.23. The fraction of sp³-hybridized carbons (Fsp3) is 0.462. The Morgan fingerprint density at radius 2 is 1.86 bits per heavy atom. The van der Waals surface area contributed by atoms with Gasteiger partial charge in [-0.1, -0.05) is 50.6 Å². The third-order valence-electron chi connectivity index (χ3n) is 2.52. The van der Waals surface area contributed by atoms with Gasteiger partial charge in [-0.2, -0.15) is 0 Å². The molecule has 1 aromatic rings. The Hall–Kier alpha value is -1.11. The van der Waals surface area contributed by atoms with Crippen LogP contribution in [0.15, 0.2) is 30.3 Å². The Morgan fingerprint density at radius 3 is 2.36 bits per heavy atom. The molecule has 0 aliphatic carbocycles. The van der Waals surface area contributed by atoms with Gasteiger partial charge in [-0.05, 0) is 12.0 Å².